The zero-order valence-electron chi connectivity index (χ0n) is 15.3. The first-order valence-electron chi connectivity index (χ1n) is 8.11. The number of benzene rings is 2. The van der Waals surface area contributed by atoms with E-state index in [4.69, 9.17) is 4.79 Å². The van der Waals surface area contributed by atoms with E-state index in [0.29, 0.717) is 6.41 Å². The Hall–Kier alpha value is -2.60. The molecule has 0 aliphatic carbocycles. The smallest absolute Gasteiger partial charge is 0.206 e. The zero-order chi connectivity index (χ0) is 19.4. The fraction of sp³-hybridized carbons (Fsp3) is 0.200. The molecule has 0 saturated heterocycles. The van der Waals surface area contributed by atoms with E-state index in [1.165, 1.54) is 12.1 Å². The van der Waals surface area contributed by atoms with Gasteiger partial charge in [-0.05, 0) is 42.5 Å². The van der Waals surface area contributed by atoms with E-state index in [1.807, 2.05) is 31.2 Å². The molecule has 0 atom stereocenters. The summed E-state index contributed by atoms with van der Waals surface area (Å²) in [6, 6.07) is 14.4. The van der Waals surface area contributed by atoms with Gasteiger partial charge in [0.15, 0.2) is 5.16 Å². The van der Waals surface area contributed by atoms with Gasteiger partial charge in [-0.25, -0.2) is 9.37 Å². The van der Waals surface area contributed by atoms with Crippen LogP contribution in [0.1, 0.15) is 19.4 Å². The molecule has 3 rings (SSSR count). The Morgan fingerprint density at radius 2 is 1.88 bits per heavy atom. The van der Waals surface area contributed by atoms with Gasteiger partial charge in [0, 0.05) is 7.05 Å². The molecule has 26 heavy (non-hydrogen) atoms. The second-order valence-corrected chi connectivity index (χ2v) is 6.44. The molecule has 2 N–H and O–H groups in total. The molecule has 4 nitrogen and oxygen atoms in total. The van der Waals surface area contributed by atoms with Crippen LogP contribution in [0.25, 0.3) is 16.6 Å². The number of halogens is 1. The molecule has 0 unspecified atom stereocenters. The fourth-order valence-electron chi connectivity index (χ4n) is 1.87. The van der Waals surface area contributed by atoms with Crippen LogP contribution in [-0.2, 0) is 4.79 Å². The third-order valence-corrected chi connectivity index (χ3v) is 3.86. The number of imidazole rings is 1. The van der Waals surface area contributed by atoms with Crippen molar-refractivity contribution < 1.29 is 9.18 Å². The van der Waals surface area contributed by atoms with Crippen molar-refractivity contribution in [1.29, 1.82) is 0 Å². The highest BCUT2D eigenvalue weighted by Crippen LogP contribution is 2.18. The summed E-state index contributed by atoms with van der Waals surface area (Å²) < 4.78 is 12.3. The summed E-state index contributed by atoms with van der Waals surface area (Å²) in [5, 5.41) is 3.26. The predicted molar refractivity (Wildman–Crippen MR) is 109 cm³/mol. The molecule has 0 aliphatic rings. The average Bonchev–Trinajstić information content (AvgIpc) is 3.05. The zero-order valence-corrected chi connectivity index (χ0v) is 16.1. The number of nitrogens with one attached hydrogen (secondary N) is 2. The molecule has 2 aromatic carbocycles. The van der Waals surface area contributed by atoms with Crippen LogP contribution in [0.2, 0.25) is 0 Å². The van der Waals surface area contributed by atoms with Crippen LogP contribution in [0.3, 0.4) is 0 Å². The van der Waals surface area contributed by atoms with Crippen molar-refractivity contribution >= 4 is 34.8 Å². The van der Waals surface area contributed by atoms with E-state index in [-0.39, 0.29) is 5.82 Å². The van der Waals surface area contributed by atoms with Gasteiger partial charge in [-0.2, -0.15) is 0 Å². The molecule has 0 fully saturated rings. The van der Waals surface area contributed by atoms with Gasteiger partial charge in [-0.3, -0.25) is 4.79 Å². The lowest BCUT2D eigenvalue weighted by atomic mass is 10.1. The van der Waals surface area contributed by atoms with Crippen molar-refractivity contribution in [3.63, 3.8) is 0 Å². The summed E-state index contributed by atoms with van der Waals surface area (Å²) in [5.41, 5.74) is 4.11. The Morgan fingerprint density at radius 1 is 1.27 bits per heavy atom. The van der Waals surface area contributed by atoms with Crippen LogP contribution in [0.5, 0.6) is 0 Å². The van der Waals surface area contributed by atoms with Crippen molar-refractivity contribution in [1.82, 2.24) is 15.3 Å². The number of aromatic amines is 1. The number of hydrogen-bond donors (Lipinski definition) is 2. The van der Waals surface area contributed by atoms with Gasteiger partial charge in [-0.1, -0.05) is 55.1 Å². The number of aromatic nitrogens is 2. The Bertz CT molecular complexity index is 782. The second kappa shape index (κ2) is 11.9. The standard InChI is InChI=1S/C9H9F.C9H10N2S.C2H5NO/c1-7(2)8-3-5-9(10)6-4-8;1-2-12-9-10-7-5-3-4-6-8(7)11-9;1-3-2-4/h3-6H,1H2,2H3;3-6H,2H2,1H3,(H,10,11);2H,1H3,(H,3,4). The Morgan fingerprint density at radius 3 is 2.38 bits per heavy atom. The van der Waals surface area contributed by atoms with E-state index in [1.54, 1.807) is 30.9 Å². The lowest BCUT2D eigenvalue weighted by molar-refractivity contribution is -0.109. The Balaban J connectivity index is 0.000000220. The number of amides is 1. The third-order valence-electron chi connectivity index (χ3n) is 3.10. The largest absolute Gasteiger partial charge is 0.362 e. The van der Waals surface area contributed by atoms with Crippen LogP contribution in [0.4, 0.5) is 4.39 Å². The number of thioether (sulfide) groups is 1. The third kappa shape index (κ3) is 7.53. The molecule has 0 radical (unpaired) electrons. The average molecular weight is 373 g/mol. The van der Waals surface area contributed by atoms with Gasteiger partial charge in [-0.15, -0.1) is 0 Å². The summed E-state index contributed by atoms with van der Waals surface area (Å²) in [5.74, 6) is 0.852. The maximum atomic E-state index is 12.3. The number of para-hydroxylation sites is 2. The molecular formula is C20H24FN3OS. The van der Waals surface area contributed by atoms with Crippen molar-refractivity contribution in [2.24, 2.45) is 0 Å². The molecule has 1 aromatic heterocycles. The highest BCUT2D eigenvalue weighted by molar-refractivity contribution is 7.99. The number of H-pyrrole nitrogens is 1. The second-order valence-electron chi connectivity index (χ2n) is 5.19. The van der Waals surface area contributed by atoms with Crippen LogP contribution in [0.15, 0.2) is 60.3 Å². The number of allylic oxidation sites excluding steroid dienone is 1. The van der Waals surface area contributed by atoms with Crippen molar-refractivity contribution in [3.8, 4) is 0 Å². The number of fused-ring (bicyclic) bond motifs is 1. The first-order chi connectivity index (χ1) is 12.5. The molecule has 3 aromatic rings. The van der Waals surface area contributed by atoms with Gasteiger partial charge in [0.25, 0.3) is 0 Å². The number of carbonyl (C=O) groups is 1. The van der Waals surface area contributed by atoms with Crippen LogP contribution < -0.4 is 5.32 Å². The maximum Gasteiger partial charge on any atom is 0.206 e. The van der Waals surface area contributed by atoms with Gasteiger partial charge in [0.2, 0.25) is 6.41 Å². The summed E-state index contributed by atoms with van der Waals surface area (Å²) in [4.78, 5) is 16.7. The summed E-state index contributed by atoms with van der Waals surface area (Å²) in [6.45, 7) is 7.75. The number of nitrogens with zero attached hydrogens (tertiary/aromatic N) is 1. The van der Waals surface area contributed by atoms with E-state index in [2.05, 4.69) is 28.8 Å². The predicted octanol–water partition coefficient (Wildman–Crippen LogP) is 4.90. The van der Waals surface area contributed by atoms with Gasteiger partial charge in [0.05, 0.1) is 11.0 Å². The minimum absolute atomic E-state index is 0.204. The molecule has 1 heterocycles. The lowest BCUT2D eigenvalue weighted by Gasteiger charge is -1.96. The maximum absolute atomic E-state index is 12.3. The molecule has 0 bridgehead atoms. The lowest BCUT2D eigenvalue weighted by Crippen LogP contribution is -1.98. The van der Waals surface area contributed by atoms with Crippen molar-refractivity contribution in [2.75, 3.05) is 12.8 Å². The SMILES string of the molecule is C=C(C)c1ccc(F)cc1.CCSc1nc2ccccc2[nH]1.CNC=O. The van der Waals surface area contributed by atoms with Crippen LogP contribution in [-0.4, -0.2) is 29.2 Å². The number of hydrogen-bond acceptors (Lipinski definition) is 3. The quantitative estimate of drug-likeness (QED) is 0.505. The van der Waals surface area contributed by atoms with Gasteiger partial charge in [0.1, 0.15) is 5.82 Å². The first-order valence-corrected chi connectivity index (χ1v) is 9.10. The minimum atomic E-state index is -0.204. The van der Waals surface area contributed by atoms with E-state index >= 15 is 0 Å². The Kier molecular flexibility index (Phi) is 9.79. The first kappa shape index (κ1) is 21.4. The molecule has 1 amide bonds. The summed E-state index contributed by atoms with van der Waals surface area (Å²) >= 11 is 1.73. The van der Waals surface area contributed by atoms with E-state index < -0.39 is 0 Å². The van der Waals surface area contributed by atoms with Crippen LogP contribution >= 0.6 is 11.8 Å². The molecule has 138 valence electrons. The molecule has 0 saturated carbocycles. The van der Waals surface area contributed by atoms with Gasteiger partial charge >= 0.3 is 0 Å². The Labute approximate surface area is 157 Å². The highest BCUT2D eigenvalue weighted by atomic mass is 32.2. The monoisotopic (exact) mass is 373 g/mol. The highest BCUT2D eigenvalue weighted by Gasteiger charge is 1.99. The number of rotatable bonds is 4. The molecular weight excluding hydrogens is 349 g/mol. The minimum Gasteiger partial charge on any atom is -0.362 e. The fourth-order valence-corrected chi connectivity index (χ4v) is 2.49. The molecule has 6 heteroatoms. The van der Waals surface area contributed by atoms with E-state index in [9.17, 15) is 4.39 Å². The van der Waals surface area contributed by atoms with Gasteiger partial charge < -0.3 is 10.3 Å². The normalized spacial score (nSPS) is 9.38. The molecule has 0 aliphatic heterocycles. The molecule has 0 spiro atoms. The summed E-state index contributed by atoms with van der Waals surface area (Å²) in [6.07, 6.45) is 0.625. The number of carbonyl (C=O) groups excluding carboxylic acids is 1. The van der Waals surface area contributed by atoms with E-state index in [0.717, 1.165) is 33.1 Å². The van der Waals surface area contributed by atoms with Crippen molar-refractivity contribution in [3.05, 3.63) is 66.5 Å². The summed E-state index contributed by atoms with van der Waals surface area (Å²) in [7, 11) is 1.56. The van der Waals surface area contributed by atoms with Crippen molar-refractivity contribution in [2.45, 2.75) is 19.0 Å². The van der Waals surface area contributed by atoms with Crippen LogP contribution in [0, 0.1) is 5.82 Å². The topological polar surface area (TPSA) is 57.8 Å².